The molecule has 0 saturated heterocycles. The minimum atomic E-state index is -0.784. The maximum absolute atomic E-state index is 12.7. The zero-order valence-corrected chi connectivity index (χ0v) is 39.9. The molecule has 0 amide bonds. The second kappa shape index (κ2) is 49.5. The first-order valence-electron chi connectivity index (χ1n) is 25.4. The van der Waals surface area contributed by atoms with Crippen LogP contribution in [0.15, 0.2) is 72.9 Å². The van der Waals surface area contributed by atoms with Gasteiger partial charge in [-0.25, -0.2) is 0 Å². The third kappa shape index (κ3) is 47.7. The molecule has 0 aromatic rings. The third-order valence-electron chi connectivity index (χ3n) is 10.6. The van der Waals surface area contributed by atoms with Gasteiger partial charge in [0.05, 0.1) is 0 Å². The largest absolute Gasteiger partial charge is 0.462 e. The van der Waals surface area contributed by atoms with E-state index < -0.39 is 6.10 Å². The molecule has 0 rings (SSSR count). The zero-order chi connectivity index (χ0) is 44.4. The predicted molar refractivity (Wildman–Crippen MR) is 261 cm³/mol. The fourth-order valence-electron chi connectivity index (χ4n) is 6.84. The van der Waals surface area contributed by atoms with E-state index in [0.29, 0.717) is 19.3 Å². The molecule has 0 fully saturated rings. The van der Waals surface area contributed by atoms with Crippen LogP contribution in [0, 0.1) is 0 Å². The molecule has 0 radical (unpaired) electrons. The van der Waals surface area contributed by atoms with Crippen molar-refractivity contribution < 1.29 is 28.6 Å². The van der Waals surface area contributed by atoms with Gasteiger partial charge in [0, 0.05) is 19.3 Å². The van der Waals surface area contributed by atoms with Gasteiger partial charge in [0.25, 0.3) is 0 Å². The van der Waals surface area contributed by atoms with Crippen LogP contribution in [0.5, 0.6) is 0 Å². The van der Waals surface area contributed by atoms with E-state index in [9.17, 15) is 14.4 Å². The van der Waals surface area contributed by atoms with Crippen molar-refractivity contribution in [2.45, 2.75) is 245 Å². The molecule has 0 spiro atoms. The van der Waals surface area contributed by atoms with Crippen molar-refractivity contribution >= 4 is 17.9 Å². The lowest BCUT2D eigenvalue weighted by molar-refractivity contribution is -0.167. The summed E-state index contributed by atoms with van der Waals surface area (Å²) >= 11 is 0. The van der Waals surface area contributed by atoms with E-state index >= 15 is 0 Å². The average Bonchev–Trinajstić information content (AvgIpc) is 3.26. The number of hydrogen-bond acceptors (Lipinski definition) is 6. The number of carbonyl (C=O) groups excluding carboxylic acids is 3. The second-order valence-corrected chi connectivity index (χ2v) is 16.7. The van der Waals surface area contributed by atoms with Gasteiger partial charge in [0.2, 0.25) is 0 Å². The second-order valence-electron chi connectivity index (χ2n) is 16.7. The van der Waals surface area contributed by atoms with Gasteiger partial charge in [-0.05, 0) is 103 Å². The molecule has 0 aliphatic rings. The van der Waals surface area contributed by atoms with Gasteiger partial charge in [-0.1, -0.05) is 190 Å². The van der Waals surface area contributed by atoms with Crippen LogP contribution in [0.2, 0.25) is 0 Å². The van der Waals surface area contributed by atoms with Crippen LogP contribution in [-0.2, 0) is 28.6 Å². The van der Waals surface area contributed by atoms with Crippen molar-refractivity contribution in [1.29, 1.82) is 0 Å². The van der Waals surface area contributed by atoms with Gasteiger partial charge in [0.1, 0.15) is 13.2 Å². The lowest BCUT2D eigenvalue weighted by Crippen LogP contribution is -2.30. The van der Waals surface area contributed by atoms with E-state index in [0.717, 1.165) is 116 Å². The summed E-state index contributed by atoms with van der Waals surface area (Å²) in [7, 11) is 0. The average molecular weight is 851 g/mol. The van der Waals surface area contributed by atoms with E-state index in [1.165, 1.54) is 83.5 Å². The smallest absolute Gasteiger partial charge is 0.306 e. The van der Waals surface area contributed by atoms with Crippen LogP contribution in [-0.4, -0.2) is 37.2 Å². The highest BCUT2D eigenvalue weighted by Gasteiger charge is 2.19. The van der Waals surface area contributed by atoms with Crippen LogP contribution in [0.4, 0.5) is 0 Å². The van der Waals surface area contributed by atoms with Gasteiger partial charge in [-0.3, -0.25) is 14.4 Å². The fraction of sp³-hybridized carbons (Fsp3) is 0.727. The molecule has 350 valence electrons. The van der Waals surface area contributed by atoms with Gasteiger partial charge >= 0.3 is 17.9 Å². The quantitative estimate of drug-likeness (QED) is 0.0263. The van der Waals surface area contributed by atoms with Crippen LogP contribution in [0.25, 0.3) is 0 Å². The number of allylic oxidation sites excluding steroid dienone is 12. The summed E-state index contributed by atoms with van der Waals surface area (Å²) in [5.41, 5.74) is 0. The molecular formula is C55H94O6. The fourth-order valence-corrected chi connectivity index (χ4v) is 6.84. The SMILES string of the molecule is CC/C=C\C/C=C\C/C=C\C/C=C\CCCCCCCCCCC(=O)OCC(COC(=O)CCCCCCC/C=C\CCC)OC(=O)CCCCCCC/C=C\CCCCC. The van der Waals surface area contributed by atoms with Crippen LogP contribution in [0.3, 0.4) is 0 Å². The number of rotatable bonds is 45. The Labute approximate surface area is 376 Å². The Balaban J connectivity index is 4.31. The monoisotopic (exact) mass is 851 g/mol. The topological polar surface area (TPSA) is 78.9 Å². The molecule has 6 heteroatoms. The molecule has 0 aromatic heterocycles. The highest BCUT2D eigenvalue weighted by molar-refractivity contribution is 5.71. The van der Waals surface area contributed by atoms with Crippen LogP contribution >= 0.6 is 0 Å². The summed E-state index contributed by atoms with van der Waals surface area (Å²) in [6, 6.07) is 0. The third-order valence-corrected chi connectivity index (χ3v) is 10.6. The first-order valence-corrected chi connectivity index (χ1v) is 25.4. The van der Waals surface area contributed by atoms with Crippen LogP contribution < -0.4 is 0 Å². The van der Waals surface area contributed by atoms with E-state index in [-0.39, 0.29) is 31.1 Å². The van der Waals surface area contributed by atoms with E-state index in [1.807, 2.05) is 0 Å². The Morgan fingerprint density at radius 2 is 0.672 bits per heavy atom. The normalized spacial score (nSPS) is 12.6. The van der Waals surface area contributed by atoms with Crippen molar-refractivity contribution in [3.63, 3.8) is 0 Å². The Morgan fingerprint density at radius 3 is 1.08 bits per heavy atom. The molecule has 6 nitrogen and oxygen atoms in total. The Morgan fingerprint density at radius 1 is 0.344 bits per heavy atom. The standard InChI is InChI=1S/C55H94O6/c1-4-7-10-13-16-19-22-24-25-26-27-28-29-30-31-32-34-36-39-42-45-48-54(57)60-51-52(50-59-53(56)47-44-41-38-35-21-18-15-12-9-6-3)61-55(58)49-46-43-40-37-33-23-20-17-14-11-8-5-2/h7,10,12,15-17,19-20,24-25,27-28,52H,4-6,8-9,11,13-14,18,21-23,26,29-51H2,1-3H3/b10-7-,15-12-,19-16-,20-17-,25-24-,28-27-. The maximum atomic E-state index is 12.7. The van der Waals surface area contributed by atoms with Gasteiger partial charge < -0.3 is 14.2 Å². The summed E-state index contributed by atoms with van der Waals surface area (Å²) in [5.74, 6) is -0.914. The molecule has 0 aliphatic heterocycles. The van der Waals surface area contributed by atoms with E-state index in [1.54, 1.807) is 0 Å². The van der Waals surface area contributed by atoms with Crippen molar-refractivity contribution in [2.24, 2.45) is 0 Å². The van der Waals surface area contributed by atoms with E-state index in [4.69, 9.17) is 14.2 Å². The molecule has 1 unspecified atom stereocenters. The molecule has 0 aromatic carbocycles. The highest BCUT2D eigenvalue weighted by Crippen LogP contribution is 2.14. The van der Waals surface area contributed by atoms with Crippen LogP contribution in [0.1, 0.15) is 239 Å². The molecule has 0 N–H and O–H groups in total. The summed E-state index contributed by atoms with van der Waals surface area (Å²) in [6.45, 7) is 6.41. The van der Waals surface area contributed by atoms with Gasteiger partial charge in [-0.15, -0.1) is 0 Å². The van der Waals surface area contributed by atoms with Crippen molar-refractivity contribution in [1.82, 2.24) is 0 Å². The number of unbranched alkanes of at least 4 members (excludes halogenated alkanes) is 22. The van der Waals surface area contributed by atoms with Gasteiger partial charge in [0.15, 0.2) is 6.10 Å². The molecule has 0 heterocycles. The Hall–Kier alpha value is -3.15. The number of esters is 3. The van der Waals surface area contributed by atoms with Crippen molar-refractivity contribution in [3.05, 3.63) is 72.9 Å². The molecular weight excluding hydrogens is 757 g/mol. The zero-order valence-electron chi connectivity index (χ0n) is 39.9. The minimum Gasteiger partial charge on any atom is -0.462 e. The maximum Gasteiger partial charge on any atom is 0.306 e. The highest BCUT2D eigenvalue weighted by atomic mass is 16.6. The summed E-state index contributed by atoms with van der Waals surface area (Å²) in [5, 5.41) is 0. The summed E-state index contributed by atoms with van der Waals surface area (Å²) in [4.78, 5) is 37.9. The molecule has 0 saturated carbocycles. The summed E-state index contributed by atoms with van der Waals surface area (Å²) in [6.07, 6.45) is 61.7. The minimum absolute atomic E-state index is 0.0859. The molecule has 0 aliphatic carbocycles. The lowest BCUT2D eigenvalue weighted by Gasteiger charge is -2.18. The Bertz CT molecular complexity index is 1160. The van der Waals surface area contributed by atoms with Crippen molar-refractivity contribution in [3.8, 4) is 0 Å². The van der Waals surface area contributed by atoms with Gasteiger partial charge in [-0.2, -0.15) is 0 Å². The molecule has 1 atom stereocenters. The Kier molecular flexibility index (Phi) is 46.9. The number of carbonyl (C=O) groups is 3. The van der Waals surface area contributed by atoms with Crippen molar-refractivity contribution in [2.75, 3.05) is 13.2 Å². The number of ether oxygens (including phenoxy) is 3. The number of hydrogen-bond donors (Lipinski definition) is 0. The lowest BCUT2D eigenvalue weighted by atomic mass is 10.1. The summed E-state index contributed by atoms with van der Waals surface area (Å²) < 4.78 is 16.7. The van der Waals surface area contributed by atoms with E-state index in [2.05, 4.69) is 93.7 Å². The molecule has 61 heavy (non-hydrogen) atoms. The molecule has 0 bridgehead atoms. The predicted octanol–water partition coefficient (Wildman–Crippen LogP) is 16.6. The first-order chi connectivity index (χ1) is 30.0. The first kappa shape index (κ1) is 57.9.